The Balaban J connectivity index is 3.06. The van der Waals surface area contributed by atoms with E-state index in [2.05, 4.69) is 22.6 Å². The van der Waals surface area contributed by atoms with E-state index in [1.54, 1.807) is 7.05 Å². The second kappa shape index (κ2) is 4.75. The summed E-state index contributed by atoms with van der Waals surface area (Å²) in [6.45, 7) is 1.91. The van der Waals surface area contributed by atoms with E-state index in [4.69, 9.17) is 4.84 Å². The van der Waals surface area contributed by atoms with Crippen molar-refractivity contribution in [3.8, 4) is 0 Å². The highest BCUT2D eigenvalue weighted by Crippen LogP contribution is 2.14. The Kier molecular flexibility index (Phi) is 3.88. The molecule has 0 unspecified atom stereocenters. The minimum atomic E-state index is -0.122. The van der Waals surface area contributed by atoms with E-state index in [0.717, 1.165) is 9.13 Å². The van der Waals surface area contributed by atoms with Gasteiger partial charge in [-0.25, -0.2) is 5.06 Å². The molecule has 14 heavy (non-hydrogen) atoms. The van der Waals surface area contributed by atoms with Crippen LogP contribution in [0.15, 0.2) is 18.2 Å². The first-order valence-corrected chi connectivity index (χ1v) is 5.22. The van der Waals surface area contributed by atoms with E-state index >= 15 is 0 Å². The topological polar surface area (TPSA) is 29.5 Å². The number of nitrogens with zero attached hydrogens (tertiary/aromatic N) is 1. The van der Waals surface area contributed by atoms with Crippen LogP contribution in [0.1, 0.15) is 15.9 Å². The Morgan fingerprint density at radius 3 is 2.71 bits per heavy atom. The fraction of sp³-hybridized carbons (Fsp3) is 0.300. The highest BCUT2D eigenvalue weighted by Gasteiger charge is 2.13. The average molecular weight is 305 g/mol. The van der Waals surface area contributed by atoms with Gasteiger partial charge in [-0.05, 0) is 47.2 Å². The molecule has 0 saturated heterocycles. The summed E-state index contributed by atoms with van der Waals surface area (Å²) in [5.41, 5.74) is 1.64. The molecular formula is C10H12INO2. The summed E-state index contributed by atoms with van der Waals surface area (Å²) in [6, 6.07) is 5.76. The predicted octanol–water partition coefficient (Wildman–Crippen LogP) is 2.23. The maximum absolute atomic E-state index is 11.7. The lowest BCUT2D eigenvalue weighted by Gasteiger charge is -2.15. The molecule has 0 aliphatic rings. The predicted molar refractivity (Wildman–Crippen MR) is 63.0 cm³/mol. The lowest BCUT2D eigenvalue weighted by Crippen LogP contribution is -2.26. The van der Waals surface area contributed by atoms with Crippen LogP contribution in [0.2, 0.25) is 0 Å². The summed E-state index contributed by atoms with van der Waals surface area (Å²) in [6.07, 6.45) is 0. The molecule has 0 fully saturated rings. The number of benzene rings is 1. The summed E-state index contributed by atoms with van der Waals surface area (Å²) >= 11 is 2.18. The van der Waals surface area contributed by atoms with Crippen molar-refractivity contribution >= 4 is 28.5 Å². The van der Waals surface area contributed by atoms with Crippen molar-refractivity contribution in [2.75, 3.05) is 14.2 Å². The standard InChI is InChI=1S/C10H12INO2/c1-7-4-5-8(11)6-9(7)10(13)12(2)14-3/h4-6H,1-3H3. The zero-order valence-corrected chi connectivity index (χ0v) is 10.5. The first kappa shape index (κ1) is 11.5. The van der Waals surface area contributed by atoms with Gasteiger partial charge in [0.1, 0.15) is 0 Å². The molecule has 0 spiro atoms. The lowest BCUT2D eigenvalue weighted by molar-refractivity contribution is -0.0757. The van der Waals surface area contributed by atoms with Crippen molar-refractivity contribution in [2.24, 2.45) is 0 Å². The smallest absolute Gasteiger partial charge is 0.274 e. The van der Waals surface area contributed by atoms with Crippen LogP contribution in [-0.4, -0.2) is 25.1 Å². The van der Waals surface area contributed by atoms with Gasteiger partial charge in [0.15, 0.2) is 0 Å². The van der Waals surface area contributed by atoms with Crippen molar-refractivity contribution in [2.45, 2.75) is 6.92 Å². The van der Waals surface area contributed by atoms with Crippen molar-refractivity contribution in [1.82, 2.24) is 5.06 Å². The normalized spacial score (nSPS) is 10.0. The molecular weight excluding hydrogens is 293 g/mol. The second-order valence-corrected chi connectivity index (χ2v) is 4.19. The van der Waals surface area contributed by atoms with E-state index in [0.29, 0.717) is 5.56 Å². The van der Waals surface area contributed by atoms with E-state index in [1.807, 2.05) is 25.1 Å². The Bertz CT molecular complexity index is 352. The average Bonchev–Trinajstić information content (AvgIpc) is 2.19. The van der Waals surface area contributed by atoms with Crippen LogP contribution in [0.25, 0.3) is 0 Å². The third kappa shape index (κ3) is 2.45. The fourth-order valence-electron chi connectivity index (χ4n) is 1.08. The zero-order chi connectivity index (χ0) is 10.7. The second-order valence-electron chi connectivity index (χ2n) is 2.94. The minimum Gasteiger partial charge on any atom is -0.274 e. The number of hydrogen-bond donors (Lipinski definition) is 0. The molecule has 1 amide bonds. The molecule has 0 radical (unpaired) electrons. The van der Waals surface area contributed by atoms with Crippen LogP contribution in [0.4, 0.5) is 0 Å². The number of aryl methyl sites for hydroxylation is 1. The molecule has 76 valence electrons. The molecule has 3 nitrogen and oxygen atoms in total. The van der Waals surface area contributed by atoms with Gasteiger partial charge in [0.05, 0.1) is 7.11 Å². The van der Waals surface area contributed by atoms with Crippen LogP contribution in [-0.2, 0) is 4.84 Å². The SMILES string of the molecule is CON(C)C(=O)c1cc(I)ccc1C. The van der Waals surface area contributed by atoms with Crippen LogP contribution < -0.4 is 0 Å². The molecule has 0 atom stereocenters. The molecule has 1 aromatic rings. The summed E-state index contributed by atoms with van der Waals surface area (Å²) in [5.74, 6) is -0.122. The van der Waals surface area contributed by atoms with Gasteiger partial charge >= 0.3 is 0 Å². The summed E-state index contributed by atoms with van der Waals surface area (Å²) in [7, 11) is 3.07. The number of carbonyl (C=O) groups is 1. The largest absolute Gasteiger partial charge is 0.277 e. The van der Waals surface area contributed by atoms with Crippen molar-refractivity contribution in [3.63, 3.8) is 0 Å². The van der Waals surface area contributed by atoms with E-state index in [-0.39, 0.29) is 5.91 Å². The maximum Gasteiger partial charge on any atom is 0.277 e. The summed E-state index contributed by atoms with van der Waals surface area (Å²) in [4.78, 5) is 16.6. The van der Waals surface area contributed by atoms with Gasteiger partial charge in [0, 0.05) is 16.2 Å². The van der Waals surface area contributed by atoms with Crippen molar-refractivity contribution < 1.29 is 9.63 Å². The molecule has 1 rings (SSSR count). The Morgan fingerprint density at radius 1 is 1.50 bits per heavy atom. The van der Waals surface area contributed by atoms with Crippen molar-refractivity contribution in [3.05, 3.63) is 32.9 Å². The highest BCUT2D eigenvalue weighted by atomic mass is 127. The van der Waals surface area contributed by atoms with E-state index in [1.165, 1.54) is 12.2 Å². The first-order chi connectivity index (χ1) is 6.56. The van der Waals surface area contributed by atoms with Gasteiger partial charge in [0.25, 0.3) is 5.91 Å². The van der Waals surface area contributed by atoms with Crippen LogP contribution in [0.5, 0.6) is 0 Å². The summed E-state index contributed by atoms with van der Waals surface area (Å²) < 4.78 is 1.04. The van der Waals surface area contributed by atoms with Gasteiger partial charge in [-0.1, -0.05) is 6.07 Å². The van der Waals surface area contributed by atoms with Crippen LogP contribution >= 0.6 is 22.6 Å². The van der Waals surface area contributed by atoms with Gasteiger partial charge in [-0.15, -0.1) is 0 Å². The Hall–Kier alpha value is -0.620. The Morgan fingerprint density at radius 2 is 2.14 bits per heavy atom. The fourth-order valence-corrected chi connectivity index (χ4v) is 1.57. The number of halogens is 1. The zero-order valence-electron chi connectivity index (χ0n) is 8.37. The molecule has 0 aliphatic heterocycles. The quantitative estimate of drug-likeness (QED) is 0.619. The number of hydrogen-bond acceptors (Lipinski definition) is 2. The first-order valence-electron chi connectivity index (χ1n) is 4.14. The third-order valence-corrected chi connectivity index (χ3v) is 2.66. The number of rotatable bonds is 2. The number of hydroxylamine groups is 2. The monoisotopic (exact) mass is 305 g/mol. The van der Waals surface area contributed by atoms with E-state index < -0.39 is 0 Å². The maximum atomic E-state index is 11.7. The van der Waals surface area contributed by atoms with Gasteiger partial charge in [-0.3, -0.25) is 9.63 Å². The molecule has 0 heterocycles. The number of amides is 1. The molecule has 0 aromatic heterocycles. The van der Waals surface area contributed by atoms with E-state index in [9.17, 15) is 4.79 Å². The molecule has 4 heteroatoms. The molecule has 0 bridgehead atoms. The molecule has 0 saturated carbocycles. The molecule has 1 aromatic carbocycles. The molecule has 0 aliphatic carbocycles. The molecule has 0 N–H and O–H groups in total. The van der Waals surface area contributed by atoms with Crippen molar-refractivity contribution in [1.29, 1.82) is 0 Å². The number of carbonyl (C=O) groups excluding carboxylic acids is 1. The minimum absolute atomic E-state index is 0.122. The van der Waals surface area contributed by atoms with Gasteiger partial charge < -0.3 is 0 Å². The van der Waals surface area contributed by atoms with Crippen LogP contribution in [0, 0.1) is 10.5 Å². The van der Waals surface area contributed by atoms with Crippen LogP contribution in [0.3, 0.4) is 0 Å². The Labute approximate surface area is 97.1 Å². The highest BCUT2D eigenvalue weighted by molar-refractivity contribution is 14.1. The summed E-state index contributed by atoms with van der Waals surface area (Å²) in [5, 5.41) is 1.22. The third-order valence-electron chi connectivity index (χ3n) is 1.99. The van der Waals surface area contributed by atoms with Gasteiger partial charge in [-0.2, -0.15) is 0 Å². The van der Waals surface area contributed by atoms with Gasteiger partial charge in [0.2, 0.25) is 0 Å². The lowest BCUT2D eigenvalue weighted by atomic mass is 10.1.